The lowest BCUT2D eigenvalue weighted by molar-refractivity contribution is -0.279. The van der Waals surface area contributed by atoms with E-state index in [1.807, 2.05) is 0 Å². The summed E-state index contributed by atoms with van der Waals surface area (Å²) < 4.78 is 19.1. The second kappa shape index (κ2) is 9.87. The zero-order valence-corrected chi connectivity index (χ0v) is 19.3. The highest BCUT2D eigenvalue weighted by Gasteiger charge is 2.51. The first-order chi connectivity index (χ1) is 14.4. The summed E-state index contributed by atoms with van der Waals surface area (Å²) in [6.45, 7) is 8.61. The molecule has 0 aromatic heterocycles. The van der Waals surface area contributed by atoms with Gasteiger partial charge in [-0.1, -0.05) is 20.3 Å². The number of carbonyl (C=O) groups is 1. The van der Waals surface area contributed by atoms with Crippen molar-refractivity contribution in [3.63, 3.8) is 0 Å². The van der Waals surface area contributed by atoms with Crippen molar-refractivity contribution in [2.45, 2.75) is 97.1 Å². The quantitative estimate of drug-likeness (QED) is 0.640. The summed E-state index contributed by atoms with van der Waals surface area (Å²) in [7, 11) is 0. The fraction of sp³-hybridized carbons (Fsp3) is 0.960. The number of ether oxygens (including phenoxy) is 3. The summed E-state index contributed by atoms with van der Waals surface area (Å²) >= 11 is 0. The molecule has 4 fully saturated rings. The molecule has 2 N–H and O–H groups in total. The molecule has 0 aromatic carbocycles. The Hall–Kier alpha value is -0.650. The van der Waals surface area contributed by atoms with Gasteiger partial charge in [-0.25, -0.2) is 0 Å². The molecule has 0 spiro atoms. The highest BCUT2D eigenvalue weighted by molar-refractivity contribution is 5.76. The van der Waals surface area contributed by atoms with E-state index in [0.29, 0.717) is 23.9 Å². The summed E-state index contributed by atoms with van der Waals surface area (Å²) in [6.07, 6.45) is 10.6. The third-order valence-corrected chi connectivity index (χ3v) is 8.98. The summed E-state index contributed by atoms with van der Waals surface area (Å²) in [5.41, 5.74) is 5.44. The van der Waals surface area contributed by atoms with Crippen molar-refractivity contribution in [2.24, 2.45) is 47.2 Å². The first-order valence-corrected chi connectivity index (χ1v) is 12.6. The Balaban J connectivity index is 1.27. The molecule has 8 atom stereocenters. The lowest BCUT2D eigenvalue weighted by Crippen LogP contribution is -2.53. The second-order valence-corrected chi connectivity index (χ2v) is 10.9. The molecule has 2 saturated carbocycles. The van der Waals surface area contributed by atoms with E-state index in [9.17, 15) is 4.79 Å². The maximum Gasteiger partial charge on any atom is 0.220 e. The highest BCUT2D eigenvalue weighted by Crippen LogP contribution is 2.52. The molecule has 4 rings (SSSR count). The summed E-state index contributed by atoms with van der Waals surface area (Å²) in [6, 6.07) is 0. The third-order valence-electron chi connectivity index (χ3n) is 8.98. The molecule has 2 aliphatic heterocycles. The molecule has 2 saturated heterocycles. The molecular formula is C25H43NO4. The Bertz CT molecular complexity index is 575. The van der Waals surface area contributed by atoms with Crippen LogP contribution in [-0.2, 0) is 19.0 Å². The standard InChI is InChI=1S/C25H43NO4/c1-15-4-10-21-17(3)22(30-25-23(21)20(15)11-5-16(2)29-25)12-13-28-14-18-6-8-19(9-7-18)24(26)27/h15-23,25H,4-14H2,1-3H3,(H2,26,27)/t15-,16?,17-,18?,19?,20+,21+,22-,23?,25+/m1/s1. The van der Waals surface area contributed by atoms with Crippen molar-refractivity contribution in [3.8, 4) is 0 Å². The van der Waals surface area contributed by atoms with Gasteiger partial charge in [-0.05, 0) is 87.9 Å². The van der Waals surface area contributed by atoms with Crippen LogP contribution in [0.5, 0.6) is 0 Å². The molecule has 2 heterocycles. The van der Waals surface area contributed by atoms with E-state index in [1.54, 1.807) is 0 Å². The highest BCUT2D eigenvalue weighted by atomic mass is 16.7. The van der Waals surface area contributed by atoms with Gasteiger partial charge in [0, 0.05) is 25.0 Å². The van der Waals surface area contributed by atoms with E-state index in [1.165, 1.54) is 19.3 Å². The van der Waals surface area contributed by atoms with Crippen LogP contribution in [0, 0.1) is 41.4 Å². The monoisotopic (exact) mass is 421 g/mol. The first kappa shape index (κ1) is 22.5. The summed E-state index contributed by atoms with van der Waals surface area (Å²) in [5, 5.41) is 0. The minimum absolute atomic E-state index is 0.0227. The minimum Gasteiger partial charge on any atom is -0.381 e. The van der Waals surface area contributed by atoms with Crippen molar-refractivity contribution in [2.75, 3.05) is 13.2 Å². The molecule has 0 aromatic rings. The van der Waals surface area contributed by atoms with Crippen LogP contribution in [0.3, 0.4) is 0 Å². The fourth-order valence-electron chi connectivity index (χ4n) is 6.96. The van der Waals surface area contributed by atoms with Gasteiger partial charge in [0.2, 0.25) is 5.91 Å². The van der Waals surface area contributed by atoms with Gasteiger partial charge in [0.05, 0.1) is 12.2 Å². The molecule has 5 heteroatoms. The maximum absolute atomic E-state index is 11.3. The van der Waals surface area contributed by atoms with Crippen molar-refractivity contribution in [1.82, 2.24) is 0 Å². The van der Waals surface area contributed by atoms with E-state index >= 15 is 0 Å². The average Bonchev–Trinajstić information content (AvgIpc) is 2.89. The Morgan fingerprint density at radius 2 is 1.67 bits per heavy atom. The Labute approximate surface area is 182 Å². The van der Waals surface area contributed by atoms with E-state index in [-0.39, 0.29) is 24.2 Å². The number of nitrogens with two attached hydrogens (primary N) is 1. The molecule has 2 aliphatic carbocycles. The van der Waals surface area contributed by atoms with Crippen LogP contribution in [0.15, 0.2) is 0 Å². The van der Waals surface area contributed by atoms with E-state index in [2.05, 4.69) is 20.8 Å². The minimum atomic E-state index is -0.134. The number of rotatable bonds is 6. The van der Waals surface area contributed by atoms with Gasteiger partial charge < -0.3 is 19.9 Å². The van der Waals surface area contributed by atoms with E-state index in [4.69, 9.17) is 19.9 Å². The van der Waals surface area contributed by atoms with Crippen LogP contribution in [0.2, 0.25) is 0 Å². The van der Waals surface area contributed by atoms with Gasteiger partial charge in [-0.3, -0.25) is 4.79 Å². The molecule has 5 nitrogen and oxygen atoms in total. The molecule has 0 bridgehead atoms. The number of carbonyl (C=O) groups excluding carboxylic acids is 1. The maximum atomic E-state index is 11.3. The van der Waals surface area contributed by atoms with Crippen LogP contribution in [0.4, 0.5) is 0 Å². The molecule has 0 radical (unpaired) electrons. The van der Waals surface area contributed by atoms with Crippen LogP contribution in [0.1, 0.15) is 78.6 Å². The van der Waals surface area contributed by atoms with Crippen molar-refractivity contribution in [1.29, 1.82) is 0 Å². The van der Waals surface area contributed by atoms with Gasteiger partial charge in [-0.15, -0.1) is 0 Å². The third kappa shape index (κ3) is 4.88. The second-order valence-electron chi connectivity index (χ2n) is 10.9. The van der Waals surface area contributed by atoms with Gasteiger partial charge in [0.25, 0.3) is 0 Å². The summed E-state index contributed by atoms with van der Waals surface area (Å²) in [5.74, 6) is 3.95. The number of primary amides is 1. The number of amides is 1. The molecular weight excluding hydrogens is 378 g/mol. The fourth-order valence-corrected chi connectivity index (χ4v) is 6.96. The van der Waals surface area contributed by atoms with Gasteiger partial charge >= 0.3 is 0 Å². The Kier molecular flexibility index (Phi) is 7.42. The van der Waals surface area contributed by atoms with Gasteiger partial charge in [-0.2, -0.15) is 0 Å². The predicted molar refractivity (Wildman–Crippen MR) is 117 cm³/mol. The van der Waals surface area contributed by atoms with Crippen molar-refractivity contribution < 1.29 is 19.0 Å². The van der Waals surface area contributed by atoms with Gasteiger partial charge in [0.1, 0.15) is 0 Å². The average molecular weight is 422 g/mol. The van der Waals surface area contributed by atoms with Crippen LogP contribution in [-0.4, -0.2) is 37.6 Å². The predicted octanol–water partition coefficient (Wildman–Crippen LogP) is 4.52. The van der Waals surface area contributed by atoms with E-state index < -0.39 is 0 Å². The van der Waals surface area contributed by atoms with Crippen molar-refractivity contribution >= 4 is 5.91 Å². The molecule has 172 valence electrons. The normalized spacial score (nSPS) is 46.6. The molecule has 30 heavy (non-hydrogen) atoms. The zero-order valence-electron chi connectivity index (χ0n) is 19.3. The zero-order chi connectivity index (χ0) is 21.3. The van der Waals surface area contributed by atoms with Crippen LogP contribution >= 0.6 is 0 Å². The Morgan fingerprint density at radius 1 is 0.933 bits per heavy atom. The lowest BCUT2D eigenvalue weighted by Gasteiger charge is -2.52. The largest absolute Gasteiger partial charge is 0.381 e. The molecule has 1 amide bonds. The number of hydrogen-bond acceptors (Lipinski definition) is 4. The Morgan fingerprint density at radius 3 is 2.40 bits per heavy atom. The van der Waals surface area contributed by atoms with Crippen LogP contribution in [0.25, 0.3) is 0 Å². The van der Waals surface area contributed by atoms with Crippen molar-refractivity contribution in [3.05, 3.63) is 0 Å². The van der Waals surface area contributed by atoms with Crippen LogP contribution < -0.4 is 5.73 Å². The summed E-state index contributed by atoms with van der Waals surface area (Å²) in [4.78, 5) is 11.3. The topological polar surface area (TPSA) is 70.8 Å². The number of hydrogen-bond donors (Lipinski definition) is 1. The first-order valence-electron chi connectivity index (χ1n) is 12.6. The smallest absolute Gasteiger partial charge is 0.220 e. The van der Waals surface area contributed by atoms with Gasteiger partial charge in [0.15, 0.2) is 6.29 Å². The molecule has 2 unspecified atom stereocenters. The van der Waals surface area contributed by atoms with E-state index in [0.717, 1.165) is 69.5 Å². The molecule has 4 aliphatic rings. The lowest BCUT2D eigenvalue weighted by atomic mass is 9.60. The SMILES string of the molecule is CC1CC[C@@H]2C3[C@@H](O1)O[C@H](CCOCC1CCC(C(N)=O)CC1)[C@H](C)[C@@H]3CC[C@H]2C.